The van der Waals surface area contributed by atoms with Gasteiger partial charge in [0, 0.05) is 37.8 Å². The Bertz CT molecular complexity index is 802. The van der Waals surface area contributed by atoms with Crippen molar-refractivity contribution in [3.8, 4) is 11.5 Å². The largest absolute Gasteiger partial charge is 0.493 e. The van der Waals surface area contributed by atoms with Gasteiger partial charge in [0.15, 0.2) is 11.5 Å². The zero-order valence-corrected chi connectivity index (χ0v) is 18.2. The summed E-state index contributed by atoms with van der Waals surface area (Å²) in [5, 5.41) is 0. The molecule has 162 valence electrons. The van der Waals surface area contributed by atoms with E-state index < -0.39 is 0 Å². The van der Waals surface area contributed by atoms with Crippen molar-refractivity contribution in [2.45, 2.75) is 52.3 Å². The van der Waals surface area contributed by atoms with Crippen molar-refractivity contribution in [3.05, 3.63) is 53.9 Å². The summed E-state index contributed by atoms with van der Waals surface area (Å²) in [5.74, 6) is 1.58. The van der Waals surface area contributed by atoms with Gasteiger partial charge in [-0.15, -0.1) is 0 Å². The second-order valence-corrected chi connectivity index (χ2v) is 7.66. The van der Waals surface area contributed by atoms with Crippen molar-refractivity contribution >= 4 is 5.91 Å². The quantitative estimate of drug-likeness (QED) is 0.585. The Morgan fingerprint density at radius 1 is 1.20 bits per heavy atom. The molecule has 1 unspecified atom stereocenters. The predicted molar refractivity (Wildman–Crippen MR) is 115 cm³/mol. The van der Waals surface area contributed by atoms with E-state index in [4.69, 9.17) is 14.2 Å². The first-order valence-electron chi connectivity index (χ1n) is 10.7. The van der Waals surface area contributed by atoms with E-state index in [1.807, 2.05) is 41.4 Å². The molecular formula is C24H32N2O4. The number of methoxy groups -OCH3 is 1. The van der Waals surface area contributed by atoms with Crippen LogP contribution in [-0.4, -0.2) is 42.2 Å². The molecule has 1 amide bonds. The van der Waals surface area contributed by atoms with E-state index in [0.29, 0.717) is 31.2 Å². The van der Waals surface area contributed by atoms with E-state index in [-0.39, 0.29) is 17.9 Å². The van der Waals surface area contributed by atoms with Gasteiger partial charge in [-0.25, -0.2) is 0 Å². The highest BCUT2D eigenvalue weighted by Gasteiger charge is 2.23. The fraction of sp³-hybridized carbons (Fsp3) is 0.500. The monoisotopic (exact) mass is 412 g/mol. The number of carbonyl (C=O) groups is 1. The molecule has 30 heavy (non-hydrogen) atoms. The number of hydrogen-bond acceptors (Lipinski definition) is 5. The van der Waals surface area contributed by atoms with Crippen LogP contribution in [0.3, 0.4) is 0 Å². The SMILES string of the molecule is CCC(CC)C(=O)N(Cc1cccnc1)Cc1ccc(OC2CCOC2)c(OC)c1. The van der Waals surface area contributed by atoms with Gasteiger partial charge in [0.1, 0.15) is 6.10 Å². The van der Waals surface area contributed by atoms with E-state index in [0.717, 1.165) is 37.0 Å². The minimum absolute atomic E-state index is 0.0218. The summed E-state index contributed by atoms with van der Waals surface area (Å²) in [4.78, 5) is 19.3. The average molecular weight is 413 g/mol. The van der Waals surface area contributed by atoms with E-state index in [1.165, 1.54) is 0 Å². The maximum atomic E-state index is 13.2. The normalized spacial score (nSPS) is 15.9. The first-order chi connectivity index (χ1) is 14.6. The van der Waals surface area contributed by atoms with Gasteiger partial charge in [-0.3, -0.25) is 9.78 Å². The average Bonchev–Trinajstić information content (AvgIpc) is 3.29. The van der Waals surface area contributed by atoms with Crippen molar-refractivity contribution in [2.24, 2.45) is 5.92 Å². The number of rotatable bonds is 10. The van der Waals surface area contributed by atoms with E-state index in [2.05, 4.69) is 18.8 Å². The number of carbonyl (C=O) groups excluding carboxylic acids is 1. The lowest BCUT2D eigenvalue weighted by Crippen LogP contribution is -2.35. The topological polar surface area (TPSA) is 60.9 Å². The Kier molecular flexibility index (Phi) is 8.08. The molecule has 0 saturated carbocycles. The van der Waals surface area contributed by atoms with E-state index in [9.17, 15) is 4.79 Å². The summed E-state index contributed by atoms with van der Waals surface area (Å²) in [5.41, 5.74) is 2.02. The summed E-state index contributed by atoms with van der Waals surface area (Å²) >= 11 is 0. The van der Waals surface area contributed by atoms with Crippen LogP contribution in [0.15, 0.2) is 42.7 Å². The molecule has 6 heteroatoms. The van der Waals surface area contributed by atoms with Gasteiger partial charge in [0.25, 0.3) is 0 Å². The zero-order valence-electron chi connectivity index (χ0n) is 18.2. The molecule has 1 fully saturated rings. The summed E-state index contributed by atoms with van der Waals surface area (Å²) in [7, 11) is 1.64. The van der Waals surface area contributed by atoms with Crippen LogP contribution in [0.25, 0.3) is 0 Å². The molecule has 1 aromatic heterocycles. The Morgan fingerprint density at radius 2 is 2.00 bits per heavy atom. The van der Waals surface area contributed by atoms with Crippen molar-refractivity contribution in [2.75, 3.05) is 20.3 Å². The predicted octanol–water partition coefficient (Wildman–Crippen LogP) is 4.22. The Hall–Kier alpha value is -2.60. The van der Waals surface area contributed by atoms with Crippen molar-refractivity contribution in [1.82, 2.24) is 9.88 Å². The van der Waals surface area contributed by atoms with Gasteiger partial charge in [-0.05, 0) is 42.2 Å². The fourth-order valence-electron chi connectivity index (χ4n) is 3.73. The fourth-order valence-corrected chi connectivity index (χ4v) is 3.73. The van der Waals surface area contributed by atoms with Crippen LogP contribution in [0.1, 0.15) is 44.2 Å². The molecule has 6 nitrogen and oxygen atoms in total. The number of hydrogen-bond donors (Lipinski definition) is 0. The van der Waals surface area contributed by atoms with Crippen LogP contribution >= 0.6 is 0 Å². The molecule has 0 bridgehead atoms. The molecule has 1 atom stereocenters. The molecule has 0 radical (unpaired) electrons. The van der Waals surface area contributed by atoms with Gasteiger partial charge in [-0.1, -0.05) is 26.0 Å². The highest BCUT2D eigenvalue weighted by Crippen LogP contribution is 2.31. The molecule has 0 spiro atoms. The number of aromatic nitrogens is 1. The first kappa shape index (κ1) is 22.1. The summed E-state index contributed by atoms with van der Waals surface area (Å²) in [6.07, 6.45) is 6.16. The number of nitrogens with zero attached hydrogens (tertiary/aromatic N) is 2. The van der Waals surface area contributed by atoms with E-state index >= 15 is 0 Å². The standard InChI is InChI=1S/C24H32N2O4/c1-4-20(5-2)24(27)26(16-19-7-6-11-25-14-19)15-18-8-9-22(23(13-18)28-3)30-21-10-12-29-17-21/h6-9,11,13-14,20-21H,4-5,10,12,15-17H2,1-3H3. The van der Waals surface area contributed by atoms with Gasteiger partial charge < -0.3 is 19.1 Å². The molecule has 0 aliphatic carbocycles. The summed E-state index contributed by atoms with van der Waals surface area (Å²) in [6.45, 7) is 6.50. The molecule has 2 heterocycles. The number of ether oxygens (including phenoxy) is 3. The van der Waals surface area contributed by atoms with Crippen LogP contribution in [-0.2, 0) is 22.6 Å². The van der Waals surface area contributed by atoms with E-state index in [1.54, 1.807) is 13.3 Å². The second kappa shape index (κ2) is 11.0. The maximum absolute atomic E-state index is 13.2. The Labute approximate surface area is 179 Å². The number of pyridine rings is 1. The second-order valence-electron chi connectivity index (χ2n) is 7.66. The third kappa shape index (κ3) is 5.72. The number of amides is 1. The molecular weight excluding hydrogens is 380 g/mol. The van der Waals surface area contributed by atoms with Crippen LogP contribution in [0.2, 0.25) is 0 Å². The van der Waals surface area contributed by atoms with Gasteiger partial charge >= 0.3 is 0 Å². The molecule has 1 aliphatic rings. The lowest BCUT2D eigenvalue weighted by molar-refractivity contribution is -0.137. The molecule has 3 rings (SSSR count). The molecule has 0 N–H and O–H groups in total. The summed E-state index contributed by atoms with van der Waals surface area (Å²) in [6, 6.07) is 9.79. The summed E-state index contributed by atoms with van der Waals surface area (Å²) < 4.78 is 17.0. The minimum Gasteiger partial charge on any atom is -0.493 e. The molecule has 1 saturated heterocycles. The van der Waals surface area contributed by atoms with Crippen LogP contribution in [0.4, 0.5) is 0 Å². The van der Waals surface area contributed by atoms with Gasteiger partial charge in [0.05, 0.1) is 20.3 Å². The Morgan fingerprint density at radius 3 is 2.63 bits per heavy atom. The maximum Gasteiger partial charge on any atom is 0.226 e. The molecule has 2 aromatic rings. The molecule has 1 aliphatic heterocycles. The van der Waals surface area contributed by atoms with Gasteiger partial charge in [0.2, 0.25) is 5.91 Å². The molecule has 1 aromatic carbocycles. The zero-order chi connectivity index (χ0) is 21.3. The highest BCUT2D eigenvalue weighted by molar-refractivity contribution is 5.78. The van der Waals surface area contributed by atoms with Crippen molar-refractivity contribution < 1.29 is 19.0 Å². The van der Waals surface area contributed by atoms with Crippen molar-refractivity contribution in [1.29, 1.82) is 0 Å². The first-order valence-corrected chi connectivity index (χ1v) is 10.7. The van der Waals surface area contributed by atoms with Crippen LogP contribution in [0.5, 0.6) is 11.5 Å². The van der Waals surface area contributed by atoms with Gasteiger partial charge in [-0.2, -0.15) is 0 Å². The lowest BCUT2D eigenvalue weighted by Gasteiger charge is -2.27. The van der Waals surface area contributed by atoms with Crippen LogP contribution < -0.4 is 9.47 Å². The third-order valence-corrected chi connectivity index (χ3v) is 5.53. The van der Waals surface area contributed by atoms with Crippen molar-refractivity contribution in [3.63, 3.8) is 0 Å². The Balaban J connectivity index is 1.79. The lowest BCUT2D eigenvalue weighted by atomic mass is 10.0. The number of benzene rings is 1. The van der Waals surface area contributed by atoms with Crippen LogP contribution in [0, 0.1) is 5.92 Å². The third-order valence-electron chi connectivity index (χ3n) is 5.53. The smallest absolute Gasteiger partial charge is 0.226 e. The highest BCUT2D eigenvalue weighted by atomic mass is 16.6. The minimum atomic E-state index is 0.0218.